The number of piperazine rings is 1. The van der Waals surface area contributed by atoms with Crippen LogP contribution in [-0.4, -0.2) is 84.0 Å². The number of rotatable bonds is 5. The maximum atomic E-state index is 13.3. The molecule has 3 fully saturated rings. The van der Waals surface area contributed by atoms with Crippen LogP contribution in [0, 0.1) is 0 Å². The fourth-order valence-electron chi connectivity index (χ4n) is 5.44. The first-order chi connectivity index (χ1) is 18.7. The average molecular weight is 546 g/mol. The van der Waals surface area contributed by atoms with Gasteiger partial charge in [-0.1, -0.05) is 42.5 Å². The third-order valence-electron chi connectivity index (χ3n) is 7.54. The van der Waals surface area contributed by atoms with E-state index in [-0.39, 0.29) is 48.4 Å². The number of carbonyl (C=O) groups excluding carboxylic acids is 3. The van der Waals surface area contributed by atoms with Crippen molar-refractivity contribution >= 4 is 33.5 Å². The zero-order valence-electron chi connectivity index (χ0n) is 21.2. The van der Waals surface area contributed by atoms with E-state index in [2.05, 4.69) is 10.3 Å². The molecule has 0 bridgehead atoms. The van der Waals surface area contributed by atoms with Crippen LogP contribution in [0.1, 0.15) is 17.9 Å². The van der Waals surface area contributed by atoms with E-state index in [1.165, 1.54) is 21.9 Å². The first kappa shape index (κ1) is 25.1. The van der Waals surface area contributed by atoms with Gasteiger partial charge in [-0.2, -0.15) is 0 Å². The van der Waals surface area contributed by atoms with Crippen molar-refractivity contribution in [1.29, 1.82) is 0 Å². The molecule has 0 unspecified atom stereocenters. The van der Waals surface area contributed by atoms with Crippen LogP contribution < -0.4 is 5.32 Å². The molecule has 39 heavy (non-hydrogen) atoms. The van der Waals surface area contributed by atoms with E-state index in [1.54, 1.807) is 35.4 Å². The van der Waals surface area contributed by atoms with Gasteiger partial charge >= 0.3 is 12.1 Å². The number of amides is 5. The van der Waals surface area contributed by atoms with Crippen LogP contribution in [0.5, 0.6) is 0 Å². The molecule has 10 nitrogen and oxygen atoms in total. The molecule has 3 atom stereocenters. The van der Waals surface area contributed by atoms with E-state index in [9.17, 15) is 22.8 Å². The second-order valence-electron chi connectivity index (χ2n) is 10.1. The van der Waals surface area contributed by atoms with E-state index in [4.69, 9.17) is 0 Å². The van der Waals surface area contributed by atoms with Gasteiger partial charge in [-0.15, -0.1) is 0 Å². The van der Waals surface area contributed by atoms with Crippen molar-refractivity contribution in [2.45, 2.75) is 29.3 Å². The summed E-state index contributed by atoms with van der Waals surface area (Å²) >= 11 is 0. The van der Waals surface area contributed by atoms with E-state index in [0.717, 1.165) is 18.2 Å². The van der Waals surface area contributed by atoms with Crippen molar-refractivity contribution < 1.29 is 22.8 Å². The summed E-state index contributed by atoms with van der Waals surface area (Å²) in [6, 6.07) is 18.0. The number of benzene rings is 2. The predicted molar refractivity (Wildman–Crippen MR) is 144 cm³/mol. The van der Waals surface area contributed by atoms with Crippen molar-refractivity contribution in [2.24, 2.45) is 0 Å². The highest BCUT2D eigenvalue weighted by Gasteiger charge is 2.56. The summed E-state index contributed by atoms with van der Waals surface area (Å²) in [4.78, 5) is 48.8. The second kappa shape index (κ2) is 9.49. The molecule has 0 radical (unpaired) electrons. The number of urea groups is 2. The number of nitrogens with zero attached hydrogens (tertiary/aromatic N) is 4. The van der Waals surface area contributed by atoms with Crippen molar-refractivity contribution in [2.75, 3.05) is 31.2 Å². The van der Waals surface area contributed by atoms with E-state index in [1.807, 2.05) is 30.3 Å². The summed E-state index contributed by atoms with van der Waals surface area (Å²) in [7, 11) is -3.42. The van der Waals surface area contributed by atoms with E-state index in [0.29, 0.717) is 16.9 Å². The van der Waals surface area contributed by atoms with Gasteiger partial charge in [0.05, 0.1) is 22.8 Å². The first-order valence-corrected chi connectivity index (χ1v) is 14.6. The third kappa shape index (κ3) is 4.63. The van der Waals surface area contributed by atoms with Gasteiger partial charge in [-0.25, -0.2) is 18.0 Å². The van der Waals surface area contributed by atoms with E-state index >= 15 is 0 Å². The Balaban J connectivity index is 1.16. The molecule has 3 aromatic rings. The lowest BCUT2D eigenvalue weighted by molar-refractivity contribution is -0.129. The molecule has 3 aliphatic rings. The van der Waals surface area contributed by atoms with Gasteiger partial charge in [-0.05, 0) is 36.2 Å². The Morgan fingerprint density at radius 1 is 1.00 bits per heavy atom. The molecular formula is C28H27N5O5S. The van der Waals surface area contributed by atoms with Gasteiger partial charge < -0.3 is 15.1 Å². The Labute approximate surface area is 226 Å². The SMILES string of the molecule is CS(=O)(=O)c1cccc(-c2ncccc2NC(=O)N2CCN3C(=O)N([C@H]4C[C@@H]4c4ccccc4)C(=O)[C@@H]3C2)c1. The van der Waals surface area contributed by atoms with Crippen LogP contribution in [-0.2, 0) is 14.6 Å². The molecule has 1 aliphatic carbocycles. The molecule has 2 aromatic carbocycles. The molecule has 5 amide bonds. The zero-order valence-corrected chi connectivity index (χ0v) is 22.0. The normalized spacial score (nSPS) is 22.6. The average Bonchev–Trinajstić information content (AvgIpc) is 3.69. The third-order valence-corrected chi connectivity index (χ3v) is 8.65. The molecule has 200 valence electrons. The number of pyridine rings is 1. The molecule has 1 aromatic heterocycles. The quantitative estimate of drug-likeness (QED) is 0.492. The summed E-state index contributed by atoms with van der Waals surface area (Å²) in [6.07, 6.45) is 3.44. The van der Waals surface area contributed by atoms with Crippen LogP contribution in [0.3, 0.4) is 0 Å². The van der Waals surface area contributed by atoms with Crippen LogP contribution in [0.2, 0.25) is 0 Å². The molecule has 1 N–H and O–H groups in total. The minimum atomic E-state index is -3.42. The molecule has 1 saturated carbocycles. The van der Waals surface area contributed by atoms with Crippen LogP contribution in [0.4, 0.5) is 15.3 Å². The molecule has 2 saturated heterocycles. The molecule has 6 rings (SSSR count). The number of hydrogen-bond acceptors (Lipinski definition) is 6. The lowest BCUT2D eigenvalue weighted by Gasteiger charge is -2.35. The molecule has 2 aliphatic heterocycles. The van der Waals surface area contributed by atoms with Crippen molar-refractivity contribution in [1.82, 2.24) is 19.7 Å². The molecule has 11 heteroatoms. The van der Waals surface area contributed by atoms with Crippen molar-refractivity contribution in [3.8, 4) is 11.3 Å². The van der Waals surface area contributed by atoms with Gasteiger partial charge in [0, 0.05) is 43.1 Å². The Hall–Kier alpha value is -4.25. The number of fused-ring (bicyclic) bond motifs is 1. The summed E-state index contributed by atoms with van der Waals surface area (Å²) in [5.41, 5.74) is 2.50. The minimum absolute atomic E-state index is 0.0921. The van der Waals surface area contributed by atoms with Gasteiger partial charge in [-0.3, -0.25) is 14.7 Å². The number of nitrogens with one attached hydrogen (secondary N) is 1. The van der Waals surface area contributed by atoms with E-state index < -0.39 is 21.9 Å². The maximum absolute atomic E-state index is 13.3. The summed E-state index contributed by atoms with van der Waals surface area (Å²) in [6.45, 7) is 0.633. The summed E-state index contributed by atoms with van der Waals surface area (Å²) in [5.74, 6) is -0.120. The maximum Gasteiger partial charge on any atom is 0.327 e. The Kier molecular flexibility index (Phi) is 6.10. The molecular weight excluding hydrogens is 518 g/mol. The topological polar surface area (TPSA) is 120 Å². The van der Waals surface area contributed by atoms with Gasteiger partial charge in [0.15, 0.2) is 9.84 Å². The van der Waals surface area contributed by atoms with Gasteiger partial charge in [0.25, 0.3) is 5.91 Å². The van der Waals surface area contributed by atoms with Crippen LogP contribution in [0.15, 0.2) is 77.8 Å². The zero-order chi connectivity index (χ0) is 27.3. The Bertz CT molecular complexity index is 1580. The lowest BCUT2D eigenvalue weighted by atomic mass is 10.1. The number of imide groups is 1. The minimum Gasteiger partial charge on any atom is -0.320 e. The number of sulfone groups is 1. The highest BCUT2D eigenvalue weighted by molar-refractivity contribution is 7.90. The molecule has 0 spiro atoms. The van der Waals surface area contributed by atoms with Crippen LogP contribution in [0.25, 0.3) is 11.3 Å². The highest BCUT2D eigenvalue weighted by atomic mass is 32.2. The standard InChI is InChI=1S/C28H27N5O5S/c1-39(37,38)20-10-5-9-19(15-20)25-22(11-6-12-29-25)30-27(35)31-13-14-32-24(17-31)26(34)33(28(32)36)23-16-21(23)18-7-3-2-4-8-18/h2-12,15,21,23-24H,13-14,16-17H2,1H3,(H,30,35)/t21-,23+,24+/m1/s1. The number of anilines is 1. The lowest BCUT2D eigenvalue weighted by Crippen LogP contribution is -2.55. The number of hydrogen-bond donors (Lipinski definition) is 1. The highest BCUT2D eigenvalue weighted by Crippen LogP contribution is 2.46. The Morgan fingerprint density at radius 2 is 1.79 bits per heavy atom. The van der Waals surface area contributed by atoms with Gasteiger partial charge in [0.2, 0.25) is 0 Å². The number of aromatic nitrogens is 1. The van der Waals surface area contributed by atoms with Crippen LogP contribution >= 0.6 is 0 Å². The summed E-state index contributed by atoms with van der Waals surface area (Å²) in [5, 5.41) is 2.86. The van der Waals surface area contributed by atoms with Crippen molar-refractivity contribution in [3.63, 3.8) is 0 Å². The fourth-order valence-corrected chi connectivity index (χ4v) is 6.10. The van der Waals surface area contributed by atoms with Crippen molar-refractivity contribution in [3.05, 3.63) is 78.5 Å². The monoisotopic (exact) mass is 545 g/mol. The summed E-state index contributed by atoms with van der Waals surface area (Å²) < 4.78 is 24.1. The molecule has 3 heterocycles. The first-order valence-electron chi connectivity index (χ1n) is 12.7. The van der Waals surface area contributed by atoms with Gasteiger partial charge in [0.1, 0.15) is 6.04 Å². The fraction of sp³-hybridized carbons (Fsp3) is 0.286. The predicted octanol–water partition coefficient (Wildman–Crippen LogP) is 3.19. The second-order valence-corrected chi connectivity index (χ2v) is 12.1. The largest absolute Gasteiger partial charge is 0.327 e. The smallest absolute Gasteiger partial charge is 0.320 e. The Morgan fingerprint density at radius 3 is 2.56 bits per heavy atom. The number of carbonyl (C=O) groups is 3.